The Hall–Kier alpha value is -1.20. The summed E-state index contributed by atoms with van der Waals surface area (Å²) in [5.41, 5.74) is 3.67. The van der Waals surface area contributed by atoms with Crippen molar-refractivity contribution < 1.29 is 4.39 Å². The topological polar surface area (TPSA) is 17.3 Å². The first-order valence-corrected chi connectivity index (χ1v) is 7.23. The van der Waals surface area contributed by atoms with Gasteiger partial charge in [-0.2, -0.15) is 0 Å². The van der Waals surface area contributed by atoms with Crippen molar-refractivity contribution in [1.82, 2.24) is 9.38 Å². The van der Waals surface area contributed by atoms with Crippen molar-refractivity contribution in [1.29, 1.82) is 0 Å². The Balaban J connectivity index is 2.23. The summed E-state index contributed by atoms with van der Waals surface area (Å²) in [6, 6.07) is 6.63. The summed E-state index contributed by atoms with van der Waals surface area (Å²) in [5.74, 6) is -0.265. The van der Waals surface area contributed by atoms with Gasteiger partial charge in [0.05, 0.1) is 5.69 Å². The molecule has 0 aliphatic carbocycles. The van der Waals surface area contributed by atoms with E-state index in [0.29, 0.717) is 4.47 Å². The standard InChI is InChI=1S/C14H9Br2FN2/c1-8-4-9(15)6-19-7-13(18-14(8)19)11-3-2-10(17)5-12(11)16/h2-7H,1H3. The molecule has 0 aliphatic heterocycles. The Morgan fingerprint density at radius 3 is 2.68 bits per heavy atom. The SMILES string of the molecule is Cc1cc(Br)cn2cc(-c3ccc(F)cc3Br)nc12. The lowest BCUT2D eigenvalue weighted by atomic mass is 10.2. The third-order valence-corrected chi connectivity index (χ3v) is 4.00. The Bertz CT molecular complexity index is 780. The number of aryl methyl sites for hydroxylation is 1. The zero-order valence-electron chi connectivity index (χ0n) is 9.99. The summed E-state index contributed by atoms with van der Waals surface area (Å²) >= 11 is 6.84. The number of aromatic nitrogens is 2. The van der Waals surface area contributed by atoms with Crippen LogP contribution in [0.1, 0.15) is 5.56 Å². The molecule has 2 heterocycles. The number of pyridine rings is 1. The highest BCUT2D eigenvalue weighted by atomic mass is 79.9. The molecule has 19 heavy (non-hydrogen) atoms. The number of benzene rings is 1. The predicted octanol–water partition coefficient (Wildman–Crippen LogP) is 4.97. The fraction of sp³-hybridized carbons (Fsp3) is 0.0714. The van der Waals surface area contributed by atoms with E-state index < -0.39 is 0 Å². The largest absolute Gasteiger partial charge is 0.305 e. The number of hydrogen-bond donors (Lipinski definition) is 0. The summed E-state index contributed by atoms with van der Waals surface area (Å²) in [6.07, 6.45) is 3.89. The fourth-order valence-electron chi connectivity index (χ4n) is 2.05. The first-order chi connectivity index (χ1) is 9.04. The van der Waals surface area contributed by atoms with Gasteiger partial charge in [0.2, 0.25) is 0 Å². The van der Waals surface area contributed by atoms with E-state index in [4.69, 9.17) is 0 Å². The van der Waals surface area contributed by atoms with E-state index in [1.807, 2.05) is 29.8 Å². The lowest BCUT2D eigenvalue weighted by Crippen LogP contribution is -1.86. The summed E-state index contributed by atoms with van der Waals surface area (Å²) in [6.45, 7) is 2.01. The van der Waals surface area contributed by atoms with Gasteiger partial charge in [0.15, 0.2) is 0 Å². The van der Waals surface area contributed by atoms with Crippen molar-refractivity contribution in [2.45, 2.75) is 6.92 Å². The Kier molecular flexibility index (Phi) is 3.19. The predicted molar refractivity (Wildman–Crippen MR) is 80.7 cm³/mol. The van der Waals surface area contributed by atoms with Crippen LogP contribution in [0.4, 0.5) is 4.39 Å². The van der Waals surface area contributed by atoms with Gasteiger partial charge < -0.3 is 4.40 Å². The van der Waals surface area contributed by atoms with Crippen LogP contribution < -0.4 is 0 Å². The minimum atomic E-state index is -0.265. The van der Waals surface area contributed by atoms with E-state index in [1.165, 1.54) is 12.1 Å². The first kappa shape index (κ1) is 12.8. The molecule has 0 aliphatic rings. The number of hydrogen-bond acceptors (Lipinski definition) is 1. The lowest BCUT2D eigenvalue weighted by Gasteiger charge is -1.99. The van der Waals surface area contributed by atoms with E-state index >= 15 is 0 Å². The molecule has 0 N–H and O–H groups in total. The smallest absolute Gasteiger partial charge is 0.140 e. The molecule has 5 heteroatoms. The third kappa shape index (κ3) is 2.32. The Morgan fingerprint density at radius 2 is 1.95 bits per heavy atom. The monoisotopic (exact) mass is 382 g/mol. The summed E-state index contributed by atoms with van der Waals surface area (Å²) in [4.78, 5) is 4.60. The van der Waals surface area contributed by atoms with Crippen LogP contribution in [0.3, 0.4) is 0 Å². The molecule has 0 saturated heterocycles. The van der Waals surface area contributed by atoms with Gasteiger partial charge in [0, 0.05) is 26.9 Å². The molecule has 3 aromatic rings. The molecule has 2 aromatic heterocycles. The molecule has 0 fully saturated rings. The highest BCUT2D eigenvalue weighted by Crippen LogP contribution is 2.29. The number of fused-ring (bicyclic) bond motifs is 1. The molecule has 96 valence electrons. The number of halogens is 3. The van der Waals surface area contributed by atoms with Gasteiger partial charge >= 0.3 is 0 Å². The van der Waals surface area contributed by atoms with Gasteiger partial charge in [-0.1, -0.05) is 0 Å². The van der Waals surface area contributed by atoms with Crippen molar-refractivity contribution in [3.63, 3.8) is 0 Å². The lowest BCUT2D eigenvalue weighted by molar-refractivity contribution is 0.627. The van der Waals surface area contributed by atoms with Gasteiger partial charge in [-0.15, -0.1) is 0 Å². The van der Waals surface area contributed by atoms with Crippen molar-refractivity contribution >= 4 is 37.5 Å². The van der Waals surface area contributed by atoms with Crippen LogP contribution >= 0.6 is 31.9 Å². The van der Waals surface area contributed by atoms with Crippen LogP contribution in [-0.4, -0.2) is 9.38 Å². The Labute approximate surface area is 126 Å². The Morgan fingerprint density at radius 1 is 1.16 bits per heavy atom. The normalized spacial score (nSPS) is 11.2. The zero-order valence-corrected chi connectivity index (χ0v) is 13.2. The van der Waals surface area contributed by atoms with E-state index in [0.717, 1.165) is 26.9 Å². The average Bonchev–Trinajstić information content (AvgIpc) is 2.72. The molecule has 0 atom stereocenters. The summed E-state index contributed by atoms with van der Waals surface area (Å²) in [7, 11) is 0. The van der Waals surface area contributed by atoms with Crippen LogP contribution in [0.15, 0.2) is 45.6 Å². The molecule has 0 spiro atoms. The van der Waals surface area contributed by atoms with Crippen molar-refractivity contribution in [3.8, 4) is 11.3 Å². The van der Waals surface area contributed by atoms with Crippen molar-refractivity contribution in [2.75, 3.05) is 0 Å². The molecule has 3 rings (SSSR count). The van der Waals surface area contributed by atoms with Crippen LogP contribution in [0, 0.1) is 12.7 Å². The molecule has 0 saturated carbocycles. The highest BCUT2D eigenvalue weighted by molar-refractivity contribution is 9.10. The van der Waals surface area contributed by atoms with Gasteiger partial charge in [0.25, 0.3) is 0 Å². The molecule has 0 unspecified atom stereocenters. The van der Waals surface area contributed by atoms with Crippen LogP contribution in [-0.2, 0) is 0 Å². The van der Waals surface area contributed by atoms with Gasteiger partial charge in [-0.3, -0.25) is 0 Å². The minimum absolute atomic E-state index is 0.265. The second-order valence-electron chi connectivity index (χ2n) is 4.32. The molecule has 0 radical (unpaired) electrons. The summed E-state index contributed by atoms with van der Waals surface area (Å²) < 4.78 is 16.8. The molecule has 1 aromatic carbocycles. The molecule has 0 bridgehead atoms. The fourth-order valence-corrected chi connectivity index (χ4v) is 3.17. The minimum Gasteiger partial charge on any atom is -0.305 e. The van der Waals surface area contributed by atoms with Gasteiger partial charge in [0.1, 0.15) is 11.5 Å². The number of imidazole rings is 1. The number of rotatable bonds is 1. The van der Waals surface area contributed by atoms with E-state index in [1.54, 1.807) is 6.07 Å². The molecular weight excluding hydrogens is 375 g/mol. The molecule has 2 nitrogen and oxygen atoms in total. The van der Waals surface area contributed by atoms with Crippen LogP contribution in [0.25, 0.3) is 16.9 Å². The third-order valence-electron chi connectivity index (χ3n) is 2.91. The number of nitrogens with zero attached hydrogens (tertiary/aromatic N) is 2. The zero-order chi connectivity index (χ0) is 13.6. The van der Waals surface area contributed by atoms with E-state index in [9.17, 15) is 4.39 Å². The quantitative estimate of drug-likeness (QED) is 0.579. The van der Waals surface area contributed by atoms with Gasteiger partial charge in [-0.05, 0) is 68.6 Å². The summed E-state index contributed by atoms with van der Waals surface area (Å²) in [5, 5.41) is 0. The average molecular weight is 384 g/mol. The van der Waals surface area contributed by atoms with Gasteiger partial charge in [-0.25, -0.2) is 9.37 Å². The van der Waals surface area contributed by atoms with E-state index in [-0.39, 0.29) is 5.82 Å². The maximum Gasteiger partial charge on any atom is 0.140 e. The maximum atomic E-state index is 13.1. The highest BCUT2D eigenvalue weighted by Gasteiger charge is 2.10. The second-order valence-corrected chi connectivity index (χ2v) is 6.09. The van der Waals surface area contributed by atoms with Crippen molar-refractivity contribution in [2.24, 2.45) is 0 Å². The van der Waals surface area contributed by atoms with E-state index in [2.05, 4.69) is 36.8 Å². The van der Waals surface area contributed by atoms with Crippen molar-refractivity contribution in [3.05, 3.63) is 57.0 Å². The maximum absolute atomic E-state index is 13.1. The molecular formula is C14H9Br2FN2. The molecule has 0 amide bonds. The first-order valence-electron chi connectivity index (χ1n) is 5.65. The van der Waals surface area contributed by atoms with Crippen LogP contribution in [0.5, 0.6) is 0 Å². The van der Waals surface area contributed by atoms with Crippen LogP contribution in [0.2, 0.25) is 0 Å². The second kappa shape index (κ2) is 4.72.